The maximum atomic E-state index is 12.8. The number of hydrogen-bond donors (Lipinski definition) is 0. The van der Waals surface area contributed by atoms with Crippen LogP contribution in [-0.4, -0.2) is 28.7 Å². The first kappa shape index (κ1) is 23.6. The van der Waals surface area contributed by atoms with E-state index in [-0.39, 0.29) is 11.8 Å². The van der Waals surface area contributed by atoms with Gasteiger partial charge in [0.15, 0.2) is 0 Å². The molecule has 5 heteroatoms. The van der Waals surface area contributed by atoms with Crippen LogP contribution >= 0.6 is 11.8 Å². The number of thioether (sulfide) groups is 1. The minimum atomic E-state index is -0.171. The van der Waals surface area contributed by atoms with Crippen molar-refractivity contribution in [3.63, 3.8) is 0 Å². The van der Waals surface area contributed by atoms with Crippen molar-refractivity contribution in [2.75, 3.05) is 12.4 Å². The van der Waals surface area contributed by atoms with E-state index in [9.17, 15) is 9.59 Å². The number of esters is 1. The van der Waals surface area contributed by atoms with Crippen LogP contribution in [0.25, 0.3) is 6.08 Å². The Morgan fingerprint density at radius 1 is 1.03 bits per heavy atom. The molecule has 166 valence electrons. The van der Waals surface area contributed by atoms with E-state index >= 15 is 0 Å². The highest BCUT2D eigenvalue weighted by Gasteiger charge is 2.12. The Morgan fingerprint density at radius 3 is 2.50 bits per heavy atom. The predicted octanol–water partition coefficient (Wildman–Crippen LogP) is 6.18. The van der Waals surface area contributed by atoms with E-state index < -0.39 is 0 Å². The molecule has 32 heavy (non-hydrogen) atoms. The lowest BCUT2D eigenvalue weighted by Gasteiger charge is -2.07. The zero-order valence-corrected chi connectivity index (χ0v) is 19.4. The fourth-order valence-corrected chi connectivity index (χ4v) is 3.82. The van der Waals surface area contributed by atoms with Crippen molar-refractivity contribution in [1.82, 2.24) is 4.57 Å². The first-order valence-electron chi connectivity index (χ1n) is 10.9. The van der Waals surface area contributed by atoms with E-state index in [1.165, 1.54) is 11.8 Å². The van der Waals surface area contributed by atoms with Crippen LogP contribution in [-0.2, 0) is 16.1 Å². The number of rotatable bonds is 11. The highest BCUT2D eigenvalue weighted by Crippen LogP contribution is 2.19. The summed E-state index contributed by atoms with van der Waals surface area (Å²) in [5.41, 5.74) is 3.58. The fraction of sp³-hybridized carbons (Fsp3) is 0.259. The van der Waals surface area contributed by atoms with Crippen LogP contribution in [0.15, 0.2) is 77.8 Å². The van der Waals surface area contributed by atoms with Crippen LogP contribution in [0.5, 0.6) is 0 Å². The average Bonchev–Trinajstić information content (AvgIpc) is 3.27. The number of aromatic nitrogens is 1. The molecular weight excluding hydrogens is 418 g/mol. The third-order valence-electron chi connectivity index (χ3n) is 4.99. The van der Waals surface area contributed by atoms with Crippen molar-refractivity contribution in [2.24, 2.45) is 0 Å². The van der Waals surface area contributed by atoms with Crippen molar-refractivity contribution in [3.8, 4) is 0 Å². The molecule has 0 atom stereocenters. The highest BCUT2D eigenvalue weighted by molar-refractivity contribution is 8.00. The first-order chi connectivity index (χ1) is 15.6. The molecule has 3 aromatic rings. The zero-order valence-electron chi connectivity index (χ0n) is 18.6. The van der Waals surface area contributed by atoms with Gasteiger partial charge in [-0.3, -0.25) is 9.59 Å². The van der Waals surface area contributed by atoms with Crippen molar-refractivity contribution in [3.05, 3.63) is 95.3 Å². The number of unbranched alkanes of at least 4 members (excludes halogenated alkanes) is 1. The Labute approximate surface area is 194 Å². The van der Waals surface area contributed by atoms with E-state index in [4.69, 9.17) is 4.74 Å². The van der Waals surface area contributed by atoms with Crippen LogP contribution in [0.3, 0.4) is 0 Å². The number of benzene rings is 2. The van der Waals surface area contributed by atoms with Gasteiger partial charge in [-0.15, -0.1) is 11.8 Å². The lowest BCUT2D eigenvalue weighted by molar-refractivity contribution is -0.140. The summed E-state index contributed by atoms with van der Waals surface area (Å²) in [7, 11) is 0. The topological polar surface area (TPSA) is 48.3 Å². The summed E-state index contributed by atoms with van der Waals surface area (Å²) in [6, 6.07) is 19.5. The zero-order chi connectivity index (χ0) is 22.8. The molecule has 4 nitrogen and oxygen atoms in total. The molecule has 0 bridgehead atoms. The predicted molar refractivity (Wildman–Crippen MR) is 131 cm³/mol. The van der Waals surface area contributed by atoms with Crippen molar-refractivity contribution in [2.45, 2.75) is 38.1 Å². The van der Waals surface area contributed by atoms with Crippen LogP contribution in [0, 0.1) is 6.92 Å². The average molecular weight is 448 g/mol. The molecular formula is C27H29NO3S. The Morgan fingerprint density at radius 2 is 1.78 bits per heavy atom. The molecule has 0 saturated heterocycles. The maximum absolute atomic E-state index is 12.8. The molecule has 1 heterocycles. The van der Waals surface area contributed by atoms with E-state index in [2.05, 4.69) is 6.92 Å². The summed E-state index contributed by atoms with van der Waals surface area (Å²) in [6.07, 6.45) is 7.92. The van der Waals surface area contributed by atoms with Gasteiger partial charge in [-0.25, -0.2) is 0 Å². The molecule has 0 radical (unpaired) electrons. The van der Waals surface area contributed by atoms with Gasteiger partial charge in [-0.1, -0.05) is 67.5 Å². The Bertz CT molecular complexity index is 1050. The number of allylic oxidation sites excluding steroid dienone is 1. The summed E-state index contributed by atoms with van der Waals surface area (Å²) in [6.45, 7) is 5.19. The Kier molecular flexibility index (Phi) is 8.93. The number of hydrogen-bond acceptors (Lipinski definition) is 4. The maximum Gasteiger partial charge on any atom is 0.316 e. The fourth-order valence-electron chi connectivity index (χ4n) is 3.12. The molecule has 0 aliphatic rings. The second-order valence-corrected chi connectivity index (χ2v) is 8.62. The minimum absolute atomic E-state index is 0.0259. The van der Waals surface area contributed by atoms with Gasteiger partial charge in [-0.2, -0.15) is 0 Å². The van der Waals surface area contributed by atoms with Crippen LogP contribution in [0.2, 0.25) is 0 Å². The van der Waals surface area contributed by atoms with Gasteiger partial charge in [0.25, 0.3) is 0 Å². The van der Waals surface area contributed by atoms with Crippen molar-refractivity contribution in [1.29, 1.82) is 0 Å². The summed E-state index contributed by atoms with van der Waals surface area (Å²) in [5, 5.41) is 0. The van der Waals surface area contributed by atoms with Gasteiger partial charge >= 0.3 is 5.97 Å². The Balaban J connectivity index is 1.52. The van der Waals surface area contributed by atoms with Gasteiger partial charge < -0.3 is 9.30 Å². The summed E-state index contributed by atoms with van der Waals surface area (Å²) >= 11 is 1.48. The molecule has 0 fully saturated rings. The van der Waals surface area contributed by atoms with Gasteiger partial charge in [0, 0.05) is 23.2 Å². The lowest BCUT2D eigenvalue weighted by Crippen LogP contribution is -2.09. The second-order valence-electron chi connectivity index (χ2n) is 7.58. The van der Waals surface area contributed by atoms with Gasteiger partial charge in [0.1, 0.15) is 0 Å². The van der Waals surface area contributed by atoms with Gasteiger partial charge in [0.05, 0.1) is 18.1 Å². The van der Waals surface area contributed by atoms with E-state index in [1.54, 1.807) is 0 Å². The monoisotopic (exact) mass is 447 g/mol. The SMILES string of the molecule is CCCCOC(=O)CSc1ccc(/C=C/Cn2cccc2C(=O)c2ccc(C)cc2)cc1. The molecule has 0 aliphatic heterocycles. The lowest BCUT2D eigenvalue weighted by atomic mass is 10.1. The highest BCUT2D eigenvalue weighted by atomic mass is 32.2. The quantitative estimate of drug-likeness (QED) is 0.152. The van der Waals surface area contributed by atoms with Crippen molar-refractivity contribution >= 4 is 29.6 Å². The van der Waals surface area contributed by atoms with Crippen LogP contribution < -0.4 is 0 Å². The van der Waals surface area contributed by atoms with Crippen LogP contribution in [0.4, 0.5) is 0 Å². The summed E-state index contributed by atoms with van der Waals surface area (Å²) in [4.78, 5) is 25.6. The molecule has 0 unspecified atom stereocenters. The smallest absolute Gasteiger partial charge is 0.316 e. The first-order valence-corrected chi connectivity index (χ1v) is 11.9. The normalized spacial score (nSPS) is 11.1. The molecule has 2 aromatic carbocycles. The van der Waals surface area contributed by atoms with E-state index in [0.717, 1.165) is 28.9 Å². The molecule has 0 N–H and O–H groups in total. The van der Waals surface area contributed by atoms with E-state index in [0.29, 0.717) is 30.2 Å². The third kappa shape index (κ3) is 6.99. The molecule has 0 saturated carbocycles. The number of carbonyl (C=O) groups excluding carboxylic acids is 2. The standard InChI is InChI=1S/C27H29NO3S/c1-3-4-19-31-26(29)20-32-24-15-11-22(12-16-24)7-5-17-28-18-6-8-25(28)27(30)23-13-9-21(2)10-14-23/h5-16,18H,3-4,17,19-20H2,1-2H3/b7-5+. The number of ketones is 1. The summed E-state index contributed by atoms with van der Waals surface area (Å²) in [5.74, 6) is 0.178. The third-order valence-corrected chi connectivity index (χ3v) is 5.97. The van der Waals surface area contributed by atoms with Gasteiger partial charge in [-0.05, 0) is 43.2 Å². The summed E-state index contributed by atoms with van der Waals surface area (Å²) < 4.78 is 7.13. The van der Waals surface area contributed by atoms with Gasteiger partial charge in [0.2, 0.25) is 5.78 Å². The van der Waals surface area contributed by atoms with Crippen LogP contribution in [0.1, 0.15) is 46.9 Å². The molecule has 0 spiro atoms. The largest absolute Gasteiger partial charge is 0.465 e. The number of ether oxygens (including phenoxy) is 1. The second kappa shape index (κ2) is 12.1. The number of nitrogens with zero attached hydrogens (tertiary/aromatic N) is 1. The Hall–Kier alpha value is -3.05. The minimum Gasteiger partial charge on any atom is -0.465 e. The van der Waals surface area contributed by atoms with Crippen molar-refractivity contribution < 1.29 is 14.3 Å². The molecule has 0 amide bonds. The number of aryl methyl sites for hydroxylation is 1. The van der Waals surface area contributed by atoms with E-state index in [1.807, 2.05) is 90.5 Å². The molecule has 3 rings (SSSR count). The molecule has 0 aliphatic carbocycles. The number of carbonyl (C=O) groups is 2. The molecule has 1 aromatic heterocycles.